The summed E-state index contributed by atoms with van der Waals surface area (Å²) in [4.78, 5) is 0. The van der Waals surface area contributed by atoms with Gasteiger partial charge in [0, 0.05) is 12.6 Å². The lowest BCUT2D eigenvalue weighted by Gasteiger charge is -2.46. The largest absolute Gasteiger partial charge is 0.374 e. The zero-order valence-corrected chi connectivity index (χ0v) is 13.6. The monoisotopic (exact) mass is 269 g/mol. The molecule has 2 nitrogen and oxygen atoms in total. The molecule has 0 saturated heterocycles. The molecule has 0 bridgehead atoms. The Hall–Kier alpha value is -0.0800. The maximum absolute atomic E-state index is 6.52. The van der Waals surface area contributed by atoms with Gasteiger partial charge in [-0.3, -0.25) is 0 Å². The first-order chi connectivity index (χ1) is 8.96. The highest BCUT2D eigenvalue weighted by molar-refractivity contribution is 4.97. The normalized spacial score (nSPS) is 23.2. The van der Waals surface area contributed by atoms with Gasteiger partial charge in [-0.05, 0) is 44.4 Å². The van der Waals surface area contributed by atoms with E-state index in [1.54, 1.807) is 0 Å². The second-order valence-corrected chi connectivity index (χ2v) is 7.12. The van der Waals surface area contributed by atoms with Gasteiger partial charge in [0.05, 0.1) is 5.60 Å². The molecular weight excluding hydrogens is 234 g/mol. The van der Waals surface area contributed by atoms with Crippen LogP contribution in [0.4, 0.5) is 0 Å². The van der Waals surface area contributed by atoms with Gasteiger partial charge in [-0.25, -0.2) is 0 Å². The second-order valence-electron chi connectivity index (χ2n) is 7.12. The summed E-state index contributed by atoms with van der Waals surface area (Å²) in [5.74, 6) is 0. The molecule has 0 heterocycles. The maximum Gasteiger partial charge on any atom is 0.0832 e. The van der Waals surface area contributed by atoms with E-state index < -0.39 is 0 Å². The van der Waals surface area contributed by atoms with Gasteiger partial charge in [-0.2, -0.15) is 0 Å². The second kappa shape index (κ2) is 7.64. The lowest BCUT2D eigenvalue weighted by Crippen LogP contribution is -2.53. The van der Waals surface area contributed by atoms with Crippen molar-refractivity contribution >= 4 is 0 Å². The summed E-state index contributed by atoms with van der Waals surface area (Å²) in [7, 11) is 0. The molecule has 0 spiro atoms. The molecule has 1 fully saturated rings. The average molecular weight is 269 g/mol. The standard InChI is InChI=1S/C17H35NO/c1-5-7-8-9-10-15(18)17(19-6-2)13-11-16(3,4)12-14-17/h15H,5-14,18H2,1-4H3. The van der Waals surface area contributed by atoms with Crippen LogP contribution >= 0.6 is 0 Å². The molecule has 1 atom stereocenters. The fourth-order valence-electron chi connectivity index (χ4n) is 3.31. The summed E-state index contributed by atoms with van der Waals surface area (Å²) in [6.45, 7) is 9.89. The van der Waals surface area contributed by atoms with Gasteiger partial charge in [-0.15, -0.1) is 0 Å². The van der Waals surface area contributed by atoms with Gasteiger partial charge in [0.2, 0.25) is 0 Å². The molecule has 0 aromatic rings. The van der Waals surface area contributed by atoms with Crippen molar-refractivity contribution in [1.29, 1.82) is 0 Å². The third kappa shape index (κ3) is 5.07. The summed E-state index contributed by atoms with van der Waals surface area (Å²) in [5.41, 5.74) is 6.96. The molecule has 114 valence electrons. The Morgan fingerprint density at radius 3 is 2.16 bits per heavy atom. The third-order valence-electron chi connectivity index (χ3n) is 4.93. The van der Waals surface area contributed by atoms with E-state index in [9.17, 15) is 0 Å². The Morgan fingerprint density at radius 1 is 1.00 bits per heavy atom. The first kappa shape index (κ1) is 17.0. The van der Waals surface area contributed by atoms with Gasteiger partial charge in [0.25, 0.3) is 0 Å². The lowest BCUT2D eigenvalue weighted by molar-refractivity contribution is -0.100. The van der Waals surface area contributed by atoms with E-state index in [4.69, 9.17) is 10.5 Å². The fourth-order valence-corrected chi connectivity index (χ4v) is 3.31. The minimum Gasteiger partial charge on any atom is -0.374 e. The molecule has 1 unspecified atom stereocenters. The van der Waals surface area contributed by atoms with E-state index in [-0.39, 0.29) is 11.6 Å². The van der Waals surface area contributed by atoms with Gasteiger partial charge in [-0.1, -0.05) is 46.5 Å². The van der Waals surface area contributed by atoms with Crippen LogP contribution in [0.1, 0.15) is 85.5 Å². The topological polar surface area (TPSA) is 35.2 Å². The number of nitrogens with two attached hydrogens (primary N) is 1. The predicted molar refractivity (Wildman–Crippen MR) is 83.3 cm³/mol. The molecule has 0 amide bonds. The summed E-state index contributed by atoms with van der Waals surface area (Å²) in [5, 5.41) is 0. The molecule has 0 aliphatic heterocycles. The van der Waals surface area contributed by atoms with Crippen molar-refractivity contribution in [2.45, 2.75) is 97.1 Å². The van der Waals surface area contributed by atoms with Crippen LogP contribution in [-0.2, 0) is 4.74 Å². The highest BCUT2D eigenvalue weighted by Gasteiger charge is 2.42. The number of ether oxygens (including phenoxy) is 1. The zero-order valence-electron chi connectivity index (χ0n) is 13.6. The molecule has 1 saturated carbocycles. The van der Waals surface area contributed by atoms with Crippen LogP contribution in [0.15, 0.2) is 0 Å². The van der Waals surface area contributed by atoms with Crippen molar-refractivity contribution in [3.63, 3.8) is 0 Å². The van der Waals surface area contributed by atoms with Crippen molar-refractivity contribution < 1.29 is 4.74 Å². The Labute approximate surface area is 120 Å². The minimum absolute atomic E-state index is 0.0313. The number of rotatable bonds is 8. The molecule has 1 aliphatic carbocycles. The summed E-state index contributed by atoms with van der Waals surface area (Å²) >= 11 is 0. The Morgan fingerprint density at radius 2 is 1.63 bits per heavy atom. The van der Waals surface area contributed by atoms with Crippen molar-refractivity contribution in [3.8, 4) is 0 Å². The fraction of sp³-hybridized carbons (Fsp3) is 1.00. The van der Waals surface area contributed by atoms with Crippen LogP contribution in [0.25, 0.3) is 0 Å². The van der Waals surface area contributed by atoms with Crippen LogP contribution < -0.4 is 5.73 Å². The molecule has 0 aromatic heterocycles. The van der Waals surface area contributed by atoms with Crippen molar-refractivity contribution in [1.82, 2.24) is 0 Å². The van der Waals surface area contributed by atoms with E-state index in [1.807, 2.05) is 0 Å². The van der Waals surface area contributed by atoms with Crippen LogP contribution in [0, 0.1) is 5.41 Å². The molecule has 1 rings (SSSR count). The smallest absolute Gasteiger partial charge is 0.0832 e. The van der Waals surface area contributed by atoms with Crippen molar-refractivity contribution in [2.75, 3.05) is 6.61 Å². The van der Waals surface area contributed by atoms with E-state index >= 15 is 0 Å². The molecule has 0 aromatic carbocycles. The Kier molecular flexibility index (Phi) is 6.82. The first-order valence-corrected chi connectivity index (χ1v) is 8.35. The summed E-state index contributed by atoms with van der Waals surface area (Å²) in [6, 6.07) is 0.223. The molecule has 19 heavy (non-hydrogen) atoms. The van der Waals surface area contributed by atoms with Gasteiger partial charge < -0.3 is 10.5 Å². The van der Waals surface area contributed by atoms with E-state index in [0.717, 1.165) is 25.9 Å². The molecule has 2 heteroatoms. The Bertz CT molecular complexity index is 240. The average Bonchev–Trinajstić information content (AvgIpc) is 2.37. The summed E-state index contributed by atoms with van der Waals surface area (Å²) < 4.78 is 6.16. The van der Waals surface area contributed by atoms with Crippen LogP contribution in [-0.4, -0.2) is 18.2 Å². The quantitative estimate of drug-likeness (QED) is 0.650. The predicted octanol–water partition coefficient (Wildman–Crippen LogP) is 4.66. The highest BCUT2D eigenvalue weighted by Crippen LogP contribution is 2.44. The van der Waals surface area contributed by atoms with Crippen LogP contribution in [0.5, 0.6) is 0 Å². The van der Waals surface area contributed by atoms with Crippen LogP contribution in [0.3, 0.4) is 0 Å². The Balaban J connectivity index is 2.51. The zero-order chi connectivity index (χ0) is 14.4. The van der Waals surface area contributed by atoms with Crippen molar-refractivity contribution in [2.24, 2.45) is 11.1 Å². The van der Waals surface area contributed by atoms with Gasteiger partial charge >= 0.3 is 0 Å². The minimum atomic E-state index is -0.0313. The highest BCUT2D eigenvalue weighted by atomic mass is 16.5. The number of unbranched alkanes of at least 4 members (excludes halogenated alkanes) is 3. The summed E-state index contributed by atoms with van der Waals surface area (Å²) in [6.07, 6.45) is 11.1. The lowest BCUT2D eigenvalue weighted by atomic mass is 9.68. The molecule has 2 N–H and O–H groups in total. The van der Waals surface area contributed by atoms with E-state index in [0.29, 0.717) is 5.41 Å². The number of hydrogen-bond donors (Lipinski definition) is 1. The maximum atomic E-state index is 6.52. The third-order valence-corrected chi connectivity index (χ3v) is 4.93. The van der Waals surface area contributed by atoms with Gasteiger partial charge in [0.1, 0.15) is 0 Å². The van der Waals surface area contributed by atoms with Crippen molar-refractivity contribution in [3.05, 3.63) is 0 Å². The molecular formula is C17H35NO. The van der Waals surface area contributed by atoms with Crippen LogP contribution in [0.2, 0.25) is 0 Å². The molecule has 0 radical (unpaired) electrons. The van der Waals surface area contributed by atoms with E-state index in [1.165, 1.54) is 38.5 Å². The van der Waals surface area contributed by atoms with Gasteiger partial charge in [0.15, 0.2) is 0 Å². The number of hydrogen-bond acceptors (Lipinski definition) is 2. The first-order valence-electron chi connectivity index (χ1n) is 8.35. The SMILES string of the molecule is CCCCCCC(N)C1(OCC)CCC(C)(C)CC1. The molecule has 1 aliphatic rings. The van der Waals surface area contributed by atoms with E-state index in [2.05, 4.69) is 27.7 Å².